The Bertz CT molecular complexity index is 856. The summed E-state index contributed by atoms with van der Waals surface area (Å²) in [4.78, 5) is 12.6. The van der Waals surface area contributed by atoms with Crippen molar-refractivity contribution >= 4 is 22.8 Å². The quantitative estimate of drug-likeness (QED) is 0.510. The van der Waals surface area contributed by atoms with E-state index in [-0.39, 0.29) is 5.78 Å². The zero-order chi connectivity index (χ0) is 17.6. The number of hydrogen-bond donors (Lipinski definition) is 2. The normalized spacial score (nSPS) is 10.3. The summed E-state index contributed by atoms with van der Waals surface area (Å²) in [5, 5.41) is 3.25. The number of carbonyl (C=O) groups is 1. The molecule has 0 unspecified atom stereocenters. The molecule has 0 aliphatic heterocycles. The van der Waals surface area contributed by atoms with Gasteiger partial charge >= 0.3 is 0 Å². The van der Waals surface area contributed by atoms with Crippen molar-refractivity contribution < 1.29 is 9.53 Å². The molecule has 0 radical (unpaired) electrons. The number of carbonyl (C=O) groups excluding carboxylic acids is 1. The van der Waals surface area contributed by atoms with E-state index in [1.54, 1.807) is 24.3 Å². The molecule has 0 atom stereocenters. The van der Waals surface area contributed by atoms with E-state index in [9.17, 15) is 4.79 Å². The average molecular weight is 332 g/mol. The lowest BCUT2D eigenvalue weighted by Crippen LogP contribution is -2.02. The van der Waals surface area contributed by atoms with E-state index in [2.05, 4.69) is 5.32 Å². The van der Waals surface area contributed by atoms with Gasteiger partial charge in [-0.05, 0) is 67.6 Å². The molecule has 25 heavy (non-hydrogen) atoms. The maximum atomic E-state index is 12.6. The number of ether oxygens (including phenoxy) is 1. The van der Waals surface area contributed by atoms with Crippen LogP contribution in [0.25, 0.3) is 0 Å². The first kappa shape index (κ1) is 16.6. The van der Waals surface area contributed by atoms with Gasteiger partial charge in [0.25, 0.3) is 0 Å². The molecular weight excluding hydrogens is 312 g/mol. The first-order valence-electron chi connectivity index (χ1n) is 8.16. The molecule has 3 aromatic rings. The van der Waals surface area contributed by atoms with E-state index in [0.29, 0.717) is 23.4 Å². The summed E-state index contributed by atoms with van der Waals surface area (Å²) < 4.78 is 5.40. The molecule has 0 saturated heterocycles. The van der Waals surface area contributed by atoms with Crippen LogP contribution in [0.2, 0.25) is 0 Å². The van der Waals surface area contributed by atoms with Gasteiger partial charge in [0, 0.05) is 16.8 Å². The predicted octanol–water partition coefficient (Wildman–Crippen LogP) is 4.64. The van der Waals surface area contributed by atoms with Crippen LogP contribution in [0.4, 0.5) is 17.1 Å². The largest absolute Gasteiger partial charge is 0.494 e. The second kappa shape index (κ2) is 7.53. The lowest BCUT2D eigenvalue weighted by atomic mass is 10.0. The molecule has 126 valence electrons. The number of nitrogens with one attached hydrogen (secondary N) is 1. The fraction of sp³-hybridized carbons (Fsp3) is 0.0952. The minimum Gasteiger partial charge on any atom is -0.494 e. The van der Waals surface area contributed by atoms with Crippen LogP contribution in [0, 0.1) is 0 Å². The molecular formula is C21H20N2O2. The fourth-order valence-corrected chi connectivity index (χ4v) is 2.51. The third-order valence-electron chi connectivity index (χ3n) is 3.81. The van der Waals surface area contributed by atoms with E-state index in [0.717, 1.165) is 17.1 Å². The first-order chi connectivity index (χ1) is 12.2. The highest BCUT2D eigenvalue weighted by Gasteiger charge is 2.09. The van der Waals surface area contributed by atoms with Crippen LogP contribution >= 0.6 is 0 Å². The summed E-state index contributed by atoms with van der Waals surface area (Å²) in [5.74, 6) is 0.743. The molecule has 3 N–H and O–H groups in total. The van der Waals surface area contributed by atoms with Crippen molar-refractivity contribution in [3.05, 3.63) is 83.9 Å². The number of rotatable bonds is 6. The summed E-state index contributed by atoms with van der Waals surface area (Å²) in [6.45, 7) is 2.53. The molecule has 0 aromatic heterocycles. The maximum absolute atomic E-state index is 12.6. The Labute approximate surface area is 147 Å². The summed E-state index contributed by atoms with van der Waals surface area (Å²) in [6.07, 6.45) is 0. The Kier molecular flexibility index (Phi) is 5.00. The number of hydrogen-bond acceptors (Lipinski definition) is 4. The molecule has 0 amide bonds. The zero-order valence-electron chi connectivity index (χ0n) is 14.0. The van der Waals surface area contributed by atoms with Crippen molar-refractivity contribution in [2.75, 3.05) is 17.7 Å². The number of ketones is 1. The van der Waals surface area contributed by atoms with Gasteiger partial charge in [0.15, 0.2) is 5.78 Å². The van der Waals surface area contributed by atoms with Gasteiger partial charge in [-0.3, -0.25) is 4.79 Å². The van der Waals surface area contributed by atoms with E-state index >= 15 is 0 Å². The Hall–Kier alpha value is -3.27. The molecule has 0 heterocycles. The Balaban J connectivity index is 1.73. The smallest absolute Gasteiger partial charge is 0.193 e. The molecule has 0 saturated carbocycles. The molecule has 4 heteroatoms. The average Bonchev–Trinajstić information content (AvgIpc) is 2.65. The molecule has 3 aromatic carbocycles. The zero-order valence-corrected chi connectivity index (χ0v) is 14.0. The van der Waals surface area contributed by atoms with Crippen molar-refractivity contribution in [2.24, 2.45) is 0 Å². The van der Waals surface area contributed by atoms with E-state index < -0.39 is 0 Å². The molecule has 0 aliphatic carbocycles. The highest BCUT2D eigenvalue weighted by molar-refractivity contribution is 6.09. The molecule has 4 nitrogen and oxygen atoms in total. The Morgan fingerprint density at radius 2 is 1.52 bits per heavy atom. The highest BCUT2D eigenvalue weighted by Crippen LogP contribution is 2.23. The highest BCUT2D eigenvalue weighted by atomic mass is 16.5. The van der Waals surface area contributed by atoms with Gasteiger partial charge in [-0.15, -0.1) is 0 Å². The Morgan fingerprint density at radius 3 is 2.12 bits per heavy atom. The number of nitrogens with two attached hydrogens (primary N) is 1. The molecule has 0 bridgehead atoms. The van der Waals surface area contributed by atoms with Crippen molar-refractivity contribution in [1.82, 2.24) is 0 Å². The van der Waals surface area contributed by atoms with Crippen molar-refractivity contribution in [1.29, 1.82) is 0 Å². The number of anilines is 3. The number of benzene rings is 3. The third-order valence-corrected chi connectivity index (χ3v) is 3.81. The second-order valence-electron chi connectivity index (χ2n) is 5.58. The molecule has 0 spiro atoms. The van der Waals surface area contributed by atoms with Crippen molar-refractivity contribution in [3.63, 3.8) is 0 Å². The summed E-state index contributed by atoms with van der Waals surface area (Å²) >= 11 is 0. The van der Waals surface area contributed by atoms with E-state index in [4.69, 9.17) is 10.5 Å². The van der Waals surface area contributed by atoms with Crippen molar-refractivity contribution in [2.45, 2.75) is 6.92 Å². The SMILES string of the molecule is CCOc1ccc(C(=O)c2ccc(Nc3ccccc3N)cc2)cc1. The summed E-state index contributed by atoms with van der Waals surface area (Å²) in [7, 11) is 0. The summed E-state index contributed by atoms with van der Waals surface area (Å²) in [6, 6.07) is 22.1. The predicted molar refractivity (Wildman–Crippen MR) is 102 cm³/mol. The van der Waals surface area contributed by atoms with Crippen LogP contribution in [-0.2, 0) is 0 Å². The van der Waals surface area contributed by atoms with Gasteiger partial charge in [-0.2, -0.15) is 0 Å². The first-order valence-corrected chi connectivity index (χ1v) is 8.16. The third kappa shape index (κ3) is 3.98. The van der Waals surface area contributed by atoms with Gasteiger partial charge in [-0.1, -0.05) is 12.1 Å². The lowest BCUT2D eigenvalue weighted by Gasteiger charge is -2.10. The number of nitrogen functional groups attached to an aromatic ring is 1. The van der Waals surface area contributed by atoms with Crippen LogP contribution < -0.4 is 15.8 Å². The summed E-state index contributed by atoms with van der Waals surface area (Å²) in [5.41, 5.74) is 9.59. The van der Waals surface area contributed by atoms with Crippen molar-refractivity contribution in [3.8, 4) is 5.75 Å². The molecule has 3 rings (SSSR count). The Morgan fingerprint density at radius 1 is 0.920 bits per heavy atom. The molecule has 0 aliphatic rings. The topological polar surface area (TPSA) is 64.3 Å². The van der Waals surface area contributed by atoms with Gasteiger partial charge in [-0.25, -0.2) is 0 Å². The van der Waals surface area contributed by atoms with Gasteiger partial charge in [0.2, 0.25) is 0 Å². The lowest BCUT2D eigenvalue weighted by molar-refractivity contribution is 0.103. The van der Waals surface area contributed by atoms with Crippen LogP contribution in [0.5, 0.6) is 5.75 Å². The molecule has 0 fully saturated rings. The van der Waals surface area contributed by atoms with Gasteiger partial charge < -0.3 is 15.8 Å². The minimum atomic E-state index is -0.0196. The second-order valence-corrected chi connectivity index (χ2v) is 5.58. The van der Waals surface area contributed by atoms with E-state index in [1.807, 2.05) is 55.5 Å². The number of para-hydroxylation sites is 2. The van der Waals surface area contributed by atoms with Gasteiger partial charge in [0.1, 0.15) is 5.75 Å². The minimum absolute atomic E-state index is 0.0196. The standard InChI is InChI=1S/C21H20N2O2/c1-2-25-18-13-9-16(10-14-18)21(24)15-7-11-17(12-8-15)23-20-6-4-3-5-19(20)22/h3-14,23H,2,22H2,1H3. The van der Waals surface area contributed by atoms with E-state index in [1.165, 1.54) is 0 Å². The van der Waals surface area contributed by atoms with Crippen LogP contribution in [-0.4, -0.2) is 12.4 Å². The van der Waals surface area contributed by atoms with Gasteiger partial charge in [0.05, 0.1) is 18.0 Å². The van der Waals surface area contributed by atoms with Crippen LogP contribution in [0.15, 0.2) is 72.8 Å². The van der Waals surface area contributed by atoms with Crippen LogP contribution in [0.3, 0.4) is 0 Å². The monoisotopic (exact) mass is 332 g/mol. The maximum Gasteiger partial charge on any atom is 0.193 e. The fourth-order valence-electron chi connectivity index (χ4n) is 2.51. The van der Waals surface area contributed by atoms with Crippen LogP contribution in [0.1, 0.15) is 22.8 Å².